The van der Waals surface area contributed by atoms with Gasteiger partial charge in [0.15, 0.2) is 0 Å². The number of amides is 2. The van der Waals surface area contributed by atoms with Gasteiger partial charge in [-0.05, 0) is 55.7 Å². The fourth-order valence-corrected chi connectivity index (χ4v) is 4.47. The number of ether oxygens (including phenoxy) is 1. The molecule has 5 heteroatoms. The van der Waals surface area contributed by atoms with Crippen LogP contribution in [0.2, 0.25) is 0 Å². The average Bonchev–Trinajstić information content (AvgIpc) is 2.85. The van der Waals surface area contributed by atoms with Crippen LogP contribution >= 0.6 is 0 Å². The fourth-order valence-electron chi connectivity index (χ4n) is 4.47. The highest BCUT2D eigenvalue weighted by molar-refractivity contribution is 6.35. The normalized spacial score (nSPS) is 23.0. The minimum Gasteiger partial charge on any atom is -0.491 e. The van der Waals surface area contributed by atoms with Crippen LogP contribution in [0.25, 0.3) is 5.57 Å². The molecule has 1 fully saturated rings. The summed E-state index contributed by atoms with van der Waals surface area (Å²) < 4.78 is 5.74. The predicted octanol–water partition coefficient (Wildman–Crippen LogP) is 4.19. The Morgan fingerprint density at radius 1 is 0.966 bits per heavy atom. The number of benzene rings is 1. The van der Waals surface area contributed by atoms with Crippen LogP contribution in [0.5, 0.6) is 5.75 Å². The smallest absolute Gasteiger partial charge is 0.277 e. The standard InChI is InChI=1S/C24H34N2O3/c1-15(2)12-26-23(27)21(19-7-9-20(10-8-19)29-16(3)4)22(24(26)28)25-13-17(5)11-18(6)14-25/h7-10,15-18H,11-14H2,1-6H3. The van der Waals surface area contributed by atoms with Crippen molar-refractivity contribution in [1.29, 1.82) is 0 Å². The number of likely N-dealkylation sites (tertiary alicyclic amines) is 1. The summed E-state index contributed by atoms with van der Waals surface area (Å²) in [4.78, 5) is 30.2. The lowest BCUT2D eigenvalue weighted by Crippen LogP contribution is -2.42. The van der Waals surface area contributed by atoms with Gasteiger partial charge in [0.1, 0.15) is 11.4 Å². The molecule has 3 rings (SSSR count). The number of nitrogens with zero attached hydrogens (tertiary/aromatic N) is 2. The van der Waals surface area contributed by atoms with E-state index in [1.807, 2.05) is 52.0 Å². The first-order valence-corrected chi connectivity index (χ1v) is 10.8. The summed E-state index contributed by atoms with van der Waals surface area (Å²) in [7, 11) is 0. The largest absolute Gasteiger partial charge is 0.491 e. The Balaban J connectivity index is 2.02. The maximum absolute atomic E-state index is 13.3. The van der Waals surface area contributed by atoms with Crippen molar-refractivity contribution in [3.05, 3.63) is 35.5 Å². The molecule has 0 bridgehead atoms. The topological polar surface area (TPSA) is 49.9 Å². The summed E-state index contributed by atoms with van der Waals surface area (Å²) in [6, 6.07) is 7.55. The highest BCUT2D eigenvalue weighted by Crippen LogP contribution is 2.35. The number of imide groups is 1. The van der Waals surface area contributed by atoms with E-state index in [-0.39, 0.29) is 23.8 Å². The summed E-state index contributed by atoms with van der Waals surface area (Å²) in [6.07, 6.45) is 1.24. The van der Waals surface area contributed by atoms with Crippen LogP contribution in [0.1, 0.15) is 53.5 Å². The highest BCUT2D eigenvalue weighted by atomic mass is 16.5. The number of rotatable bonds is 6. The van der Waals surface area contributed by atoms with Gasteiger partial charge >= 0.3 is 0 Å². The first kappa shape index (κ1) is 21.4. The fraction of sp³-hybridized carbons (Fsp3) is 0.583. The molecular weight excluding hydrogens is 364 g/mol. The molecular formula is C24H34N2O3. The van der Waals surface area contributed by atoms with Crippen molar-refractivity contribution < 1.29 is 14.3 Å². The average molecular weight is 399 g/mol. The zero-order valence-corrected chi connectivity index (χ0v) is 18.6. The van der Waals surface area contributed by atoms with Crippen molar-refractivity contribution in [3.8, 4) is 5.75 Å². The number of carbonyl (C=O) groups excluding carboxylic acids is 2. The number of carbonyl (C=O) groups is 2. The Bertz CT molecular complexity index is 785. The molecule has 158 valence electrons. The van der Waals surface area contributed by atoms with Crippen molar-refractivity contribution in [1.82, 2.24) is 9.80 Å². The highest BCUT2D eigenvalue weighted by Gasteiger charge is 2.42. The van der Waals surface area contributed by atoms with Crippen molar-refractivity contribution >= 4 is 17.4 Å². The molecule has 2 aliphatic rings. The molecule has 0 aromatic heterocycles. The Hall–Kier alpha value is -2.30. The molecule has 2 amide bonds. The molecule has 0 radical (unpaired) electrons. The summed E-state index contributed by atoms with van der Waals surface area (Å²) >= 11 is 0. The van der Waals surface area contributed by atoms with Gasteiger partial charge in [0.05, 0.1) is 11.7 Å². The third-order valence-electron chi connectivity index (χ3n) is 5.39. The van der Waals surface area contributed by atoms with Gasteiger partial charge in [-0.25, -0.2) is 0 Å². The van der Waals surface area contributed by atoms with Crippen LogP contribution in [0.3, 0.4) is 0 Å². The zero-order valence-electron chi connectivity index (χ0n) is 18.6. The van der Waals surface area contributed by atoms with Crippen LogP contribution in [0.4, 0.5) is 0 Å². The molecule has 1 saturated heterocycles. The van der Waals surface area contributed by atoms with Crippen molar-refractivity contribution in [3.63, 3.8) is 0 Å². The lowest BCUT2D eigenvalue weighted by Gasteiger charge is -2.37. The first-order valence-electron chi connectivity index (χ1n) is 10.8. The Morgan fingerprint density at radius 2 is 1.55 bits per heavy atom. The monoisotopic (exact) mass is 398 g/mol. The molecule has 2 unspecified atom stereocenters. The molecule has 0 aliphatic carbocycles. The minimum absolute atomic E-state index is 0.0863. The van der Waals surface area contributed by atoms with Crippen LogP contribution in [-0.4, -0.2) is 47.4 Å². The Morgan fingerprint density at radius 3 is 2.07 bits per heavy atom. The molecule has 0 spiro atoms. The molecule has 2 atom stereocenters. The Labute approximate surface area is 174 Å². The van der Waals surface area contributed by atoms with Crippen LogP contribution in [0.15, 0.2) is 30.0 Å². The van der Waals surface area contributed by atoms with E-state index >= 15 is 0 Å². The second kappa shape index (κ2) is 8.60. The van der Waals surface area contributed by atoms with E-state index in [0.29, 0.717) is 29.7 Å². The van der Waals surface area contributed by atoms with Gasteiger partial charge in [0, 0.05) is 19.6 Å². The van der Waals surface area contributed by atoms with Crippen LogP contribution < -0.4 is 4.74 Å². The molecule has 0 N–H and O–H groups in total. The minimum atomic E-state index is -0.179. The van der Waals surface area contributed by atoms with Gasteiger partial charge in [-0.1, -0.05) is 39.8 Å². The number of piperidine rings is 1. The van der Waals surface area contributed by atoms with Gasteiger partial charge < -0.3 is 9.64 Å². The van der Waals surface area contributed by atoms with Crippen molar-refractivity contribution in [2.24, 2.45) is 17.8 Å². The number of hydrogen-bond acceptors (Lipinski definition) is 4. The maximum atomic E-state index is 13.3. The second-order valence-corrected chi connectivity index (χ2v) is 9.38. The first-order chi connectivity index (χ1) is 13.7. The molecule has 1 aromatic carbocycles. The predicted molar refractivity (Wildman–Crippen MR) is 115 cm³/mol. The summed E-state index contributed by atoms with van der Waals surface area (Å²) in [5.41, 5.74) is 1.89. The van der Waals surface area contributed by atoms with E-state index in [9.17, 15) is 9.59 Å². The van der Waals surface area contributed by atoms with E-state index in [4.69, 9.17) is 4.74 Å². The van der Waals surface area contributed by atoms with E-state index in [0.717, 1.165) is 30.8 Å². The molecule has 2 aliphatic heterocycles. The van der Waals surface area contributed by atoms with Crippen LogP contribution in [-0.2, 0) is 9.59 Å². The van der Waals surface area contributed by atoms with Gasteiger partial charge in [-0.15, -0.1) is 0 Å². The summed E-state index contributed by atoms with van der Waals surface area (Å²) in [6.45, 7) is 14.5. The third kappa shape index (κ3) is 4.65. The summed E-state index contributed by atoms with van der Waals surface area (Å²) in [5.74, 6) is 1.66. The van der Waals surface area contributed by atoms with E-state index < -0.39 is 0 Å². The SMILES string of the molecule is CC(C)CN1C(=O)C(c2ccc(OC(C)C)cc2)=C(N2CC(C)CC(C)C2)C1=O. The lowest BCUT2D eigenvalue weighted by molar-refractivity contribution is -0.138. The van der Waals surface area contributed by atoms with Crippen molar-refractivity contribution in [2.75, 3.05) is 19.6 Å². The summed E-state index contributed by atoms with van der Waals surface area (Å²) in [5, 5.41) is 0. The zero-order chi connectivity index (χ0) is 21.3. The van der Waals surface area contributed by atoms with Gasteiger partial charge in [-0.3, -0.25) is 14.5 Å². The molecule has 0 saturated carbocycles. The van der Waals surface area contributed by atoms with Crippen LogP contribution in [0, 0.1) is 17.8 Å². The third-order valence-corrected chi connectivity index (χ3v) is 5.39. The maximum Gasteiger partial charge on any atom is 0.277 e. The van der Waals surface area contributed by atoms with E-state index in [1.54, 1.807) is 0 Å². The molecule has 29 heavy (non-hydrogen) atoms. The van der Waals surface area contributed by atoms with Gasteiger partial charge in [0.25, 0.3) is 11.8 Å². The van der Waals surface area contributed by atoms with Gasteiger partial charge in [0.2, 0.25) is 0 Å². The van der Waals surface area contributed by atoms with Gasteiger partial charge in [-0.2, -0.15) is 0 Å². The molecule has 1 aromatic rings. The molecule has 2 heterocycles. The second-order valence-electron chi connectivity index (χ2n) is 9.38. The lowest BCUT2D eigenvalue weighted by atomic mass is 9.91. The molecule has 5 nitrogen and oxygen atoms in total. The van der Waals surface area contributed by atoms with Crippen molar-refractivity contribution in [2.45, 2.75) is 54.1 Å². The van der Waals surface area contributed by atoms with E-state index in [1.165, 1.54) is 4.90 Å². The Kier molecular flexibility index (Phi) is 6.35. The number of hydrogen-bond donors (Lipinski definition) is 0. The van der Waals surface area contributed by atoms with E-state index in [2.05, 4.69) is 18.7 Å². The quantitative estimate of drug-likeness (QED) is 0.674.